The number of halogens is 2. The lowest BCUT2D eigenvalue weighted by atomic mass is 10.1. The van der Waals surface area contributed by atoms with E-state index in [0.717, 1.165) is 0 Å². The van der Waals surface area contributed by atoms with Crippen molar-refractivity contribution in [1.82, 2.24) is 20.3 Å². The van der Waals surface area contributed by atoms with Crippen LogP contribution in [0.5, 0.6) is 0 Å². The molecule has 2 aromatic heterocycles. The van der Waals surface area contributed by atoms with Crippen molar-refractivity contribution in [3.05, 3.63) is 82.2 Å². The molecule has 2 amide bonds. The summed E-state index contributed by atoms with van der Waals surface area (Å²) in [5, 5.41) is 10.3. The van der Waals surface area contributed by atoms with E-state index in [-0.39, 0.29) is 11.5 Å². The zero-order valence-electron chi connectivity index (χ0n) is 17.0. The van der Waals surface area contributed by atoms with E-state index in [1.54, 1.807) is 42.6 Å². The molecule has 1 fully saturated rings. The normalized spacial score (nSPS) is 14.1. The van der Waals surface area contributed by atoms with Crippen LogP contribution in [0.25, 0.3) is 0 Å². The zero-order valence-corrected chi connectivity index (χ0v) is 18.5. The molecule has 1 aliphatic rings. The molecule has 0 unspecified atom stereocenters. The highest BCUT2D eigenvalue weighted by Crippen LogP contribution is 2.28. The second kappa shape index (κ2) is 10.1. The molecule has 0 radical (unpaired) electrons. The standard InChI is InChI=1S/C22H20Cl2N6O2/c23-16-3-5-19(18(12-16)21(31)28-20-6-4-17(24)14-27-20)30(29-10-8-25-9-11-29)22(32)15-2-1-7-26-13-15/h1-7,12-14,25H,8-11H2,(H,27,28,31). The third kappa shape index (κ3) is 5.05. The molecule has 0 aliphatic carbocycles. The number of piperazine rings is 1. The minimum Gasteiger partial charge on any atom is -0.314 e. The Morgan fingerprint density at radius 2 is 1.81 bits per heavy atom. The molecule has 3 heterocycles. The van der Waals surface area contributed by atoms with Gasteiger partial charge in [-0.1, -0.05) is 23.2 Å². The number of nitrogens with zero attached hydrogens (tertiary/aromatic N) is 4. The molecule has 0 saturated carbocycles. The molecule has 0 spiro atoms. The van der Waals surface area contributed by atoms with Gasteiger partial charge in [0.15, 0.2) is 0 Å². The Hall–Kier alpha value is -3.04. The first-order chi connectivity index (χ1) is 15.5. The van der Waals surface area contributed by atoms with Crippen LogP contribution in [0.2, 0.25) is 10.0 Å². The van der Waals surface area contributed by atoms with Crippen LogP contribution in [0.3, 0.4) is 0 Å². The minimum atomic E-state index is -0.448. The smallest absolute Gasteiger partial charge is 0.274 e. The number of carbonyl (C=O) groups is 2. The van der Waals surface area contributed by atoms with Gasteiger partial charge in [-0.3, -0.25) is 14.6 Å². The first-order valence-corrected chi connectivity index (χ1v) is 10.7. The van der Waals surface area contributed by atoms with Gasteiger partial charge in [-0.15, -0.1) is 0 Å². The SMILES string of the molecule is O=C(Nc1ccc(Cl)cn1)c1cc(Cl)ccc1N(C(=O)c1cccnc1)N1CCNCC1. The molecule has 3 aromatic rings. The van der Waals surface area contributed by atoms with E-state index < -0.39 is 5.91 Å². The summed E-state index contributed by atoms with van der Waals surface area (Å²) >= 11 is 12.1. The number of hydrogen-bond acceptors (Lipinski definition) is 6. The highest BCUT2D eigenvalue weighted by atomic mass is 35.5. The molecule has 1 aromatic carbocycles. The Morgan fingerprint density at radius 3 is 2.50 bits per heavy atom. The molecule has 8 nitrogen and oxygen atoms in total. The molecule has 164 valence electrons. The van der Waals surface area contributed by atoms with Crippen LogP contribution in [0, 0.1) is 0 Å². The highest BCUT2D eigenvalue weighted by Gasteiger charge is 2.29. The number of aromatic nitrogens is 2. The summed E-state index contributed by atoms with van der Waals surface area (Å²) in [6, 6.07) is 11.5. The maximum atomic E-state index is 13.5. The maximum Gasteiger partial charge on any atom is 0.274 e. The fraction of sp³-hybridized carbons (Fsp3) is 0.182. The van der Waals surface area contributed by atoms with Gasteiger partial charge in [0.25, 0.3) is 11.8 Å². The van der Waals surface area contributed by atoms with Gasteiger partial charge in [-0.25, -0.2) is 15.0 Å². The Bertz CT molecular complexity index is 1110. The fourth-order valence-corrected chi connectivity index (χ4v) is 3.65. The van der Waals surface area contributed by atoms with Crippen LogP contribution < -0.4 is 15.6 Å². The number of rotatable bonds is 5. The molecule has 1 saturated heterocycles. The Kier molecular flexibility index (Phi) is 6.96. The molecule has 0 bridgehead atoms. The van der Waals surface area contributed by atoms with Crippen molar-refractivity contribution in [2.75, 3.05) is 36.5 Å². The summed E-state index contributed by atoms with van der Waals surface area (Å²) < 4.78 is 0. The van der Waals surface area contributed by atoms with E-state index in [4.69, 9.17) is 23.2 Å². The number of nitrogens with one attached hydrogen (secondary N) is 2. The van der Waals surface area contributed by atoms with Gasteiger partial charge in [0.2, 0.25) is 0 Å². The van der Waals surface area contributed by atoms with E-state index in [1.165, 1.54) is 23.5 Å². The molecule has 0 atom stereocenters. The predicted molar refractivity (Wildman–Crippen MR) is 124 cm³/mol. The van der Waals surface area contributed by atoms with Gasteiger partial charge in [0, 0.05) is 49.8 Å². The monoisotopic (exact) mass is 470 g/mol. The maximum absolute atomic E-state index is 13.5. The van der Waals surface area contributed by atoms with Gasteiger partial charge in [0.1, 0.15) is 5.82 Å². The van der Waals surface area contributed by atoms with Gasteiger partial charge < -0.3 is 10.6 Å². The second-order valence-corrected chi connectivity index (χ2v) is 7.91. The van der Waals surface area contributed by atoms with Crippen LogP contribution in [0.1, 0.15) is 20.7 Å². The lowest BCUT2D eigenvalue weighted by molar-refractivity contribution is 0.0879. The Labute approximate surface area is 195 Å². The van der Waals surface area contributed by atoms with Gasteiger partial charge in [-0.2, -0.15) is 0 Å². The predicted octanol–water partition coefficient (Wildman–Crippen LogP) is 3.50. The van der Waals surface area contributed by atoms with Crippen LogP contribution in [0.4, 0.5) is 11.5 Å². The summed E-state index contributed by atoms with van der Waals surface area (Å²) in [5.74, 6) is -0.407. The van der Waals surface area contributed by atoms with Crippen LogP contribution >= 0.6 is 23.2 Å². The first kappa shape index (κ1) is 22.2. The van der Waals surface area contributed by atoms with Gasteiger partial charge in [-0.05, 0) is 42.5 Å². The summed E-state index contributed by atoms with van der Waals surface area (Å²) in [7, 11) is 0. The van der Waals surface area contributed by atoms with Crippen LogP contribution in [0.15, 0.2) is 61.1 Å². The number of hydrazine groups is 1. The van der Waals surface area contributed by atoms with Gasteiger partial charge in [0.05, 0.1) is 21.8 Å². The zero-order chi connectivity index (χ0) is 22.5. The molecule has 10 heteroatoms. The lowest BCUT2D eigenvalue weighted by Gasteiger charge is -2.38. The molecule has 32 heavy (non-hydrogen) atoms. The molecular weight excluding hydrogens is 451 g/mol. The largest absolute Gasteiger partial charge is 0.314 e. The molecule has 1 aliphatic heterocycles. The second-order valence-electron chi connectivity index (χ2n) is 7.04. The van der Waals surface area contributed by atoms with Gasteiger partial charge >= 0.3 is 0 Å². The van der Waals surface area contributed by atoms with Crippen molar-refractivity contribution < 1.29 is 9.59 Å². The first-order valence-electron chi connectivity index (χ1n) is 9.95. The van der Waals surface area contributed by atoms with Crippen molar-refractivity contribution in [3.63, 3.8) is 0 Å². The number of pyridine rings is 2. The lowest BCUT2D eigenvalue weighted by Crippen LogP contribution is -2.55. The Morgan fingerprint density at radius 1 is 1.03 bits per heavy atom. The summed E-state index contributed by atoms with van der Waals surface area (Å²) in [6.45, 7) is 2.60. The number of hydrogen-bond donors (Lipinski definition) is 2. The fourth-order valence-electron chi connectivity index (χ4n) is 3.36. The van der Waals surface area contributed by atoms with E-state index in [9.17, 15) is 9.59 Å². The molecule has 4 rings (SSSR count). The summed E-state index contributed by atoms with van der Waals surface area (Å²) in [4.78, 5) is 34.9. The van der Waals surface area contributed by atoms with Crippen molar-refractivity contribution in [2.45, 2.75) is 0 Å². The third-order valence-corrected chi connectivity index (χ3v) is 5.34. The Balaban J connectivity index is 1.74. The van der Waals surface area contributed by atoms with E-state index >= 15 is 0 Å². The molecule has 2 N–H and O–H groups in total. The number of anilines is 2. The highest BCUT2D eigenvalue weighted by molar-refractivity contribution is 6.31. The minimum absolute atomic E-state index is 0.241. The van der Waals surface area contributed by atoms with Crippen molar-refractivity contribution in [1.29, 1.82) is 0 Å². The van der Waals surface area contributed by atoms with E-state index in [1.807, 2.05) is 5.01 Å². The van der Waals surface area contributed by atoms with Crippen LogP contribution in [-0.4, -0.2) is 53.0 Å². The number of amides is 2. The summed E-state index contributed by atoms with van der Waals surface area (Å²) in [5.41, 5.74) is 1.06. The average Bonchev–Trinajstić information content (AvgIpc) is 2.82. The van der Waals surface area contributed by atoms with Crippen molar-refractivity contribution in [3.8, 4) is 0 Å². The average molecular weight is 471 g/mol. The molecular formula is C22H20Cl2N6O2. The number of benzene rings is 1. The summed E-state index contributed by atoms with van der Waals surface area (Å²) in [6.07, 6.45) is 4.55. The topological polar surface area (TPSA) is 90.5 Å². The number of carbonyl (C=O) groups excluding carboxylic acids is 2. The van der Waals surface area contributed by atoms with E-state index in [2.05, 4.69) is 20.6 Å². The third-order valence-electron chi connectivity index (χ3n) is 4.88. The van der Waals surface area contributed by atoms with E-state index in [0.29, 0.717) is 53.3 Å². The van der Waals surface area contributed by atoms with Crippen molar-refractivity contribution >= 4 is 46.5 Å². The van der Waals surface area contributed by atoms with Crippen molar-refractivity contribution in [2.24, 2.45) is 0 Å². The quantitative estimate of drug-likeness (QED) is 0.592. The van der Waals surface area contributed by atoms with Crippen LogP contribution in [-0.2, 0) is 0 Å².